The summed E-state index contributed by atoms with van der Waals surface area (Å²) in [5, 5.41) is 3.40. The van der Waals surface area contributed by atoms with E-state index in [1.165, 1.54) is 25.5 Å². The molecule has 0 amide bonds. The first-order valence-corrected chi connectivity index (χ1v) is 7.52. The Kier molecular flexibility index (Phi) is 4.89. The molecule has 14 heavy (non-hydrogen) atoms. The van der Waals surface area contributed by atoms with E-state index < -0.39 is 9.84 Å². The molecule has 1 aliphatic heterocycles. The number of nitrogens with one attached hydrogen (secondary N) is 1. The van der Waals surface area contributed by atoms with Crippen molar-refractivity contribution >= 4 is 9.84 Å². The molecular formula is C10H21NO2S. The van der Waals surface area contributed by atoms with Gasteiger partial charge in [-0.05, 0) is 44.7 Å². The van der Waals surface area contributed by atoms with E-state index >= 15 is 0 Å². The van der Waals surface area contributed by atoms with Gasteiger partial charge in [0.1, 0.15) is 9.84 Å². The van der Waals surface area contributed by atoms with Crippen LogP contribution in [0.1, 0.15) is 32.1 Å². The molecule has 1 atom stereocenters. The van der Waals surface area contributed by atoms with E-state index in [9.17, 15) is 8.42 Å². The van der Waals surface area contributed by atoms with Gasteiger partial charge >= 0.3 is 0 Å². The molecule has 1 N–H and O–H groups in total. The van der Waals surface area contributed by atoms with Crippen LogP contribution in [0.3, 0.4) is 0 Å². The average molecular weight is 219 g/mol. The van der Waals surface area contributed by atoms with Gasteiger partial charge < -0.3 is 5.32 Å². The number of hydrogen-bond acceptors (Lipinski definition) is 3. The molecule has 0 aromatic rings. The zero-order chi connectivity index (χ0) is 10.4. The first kappa shape index (κ1) is 12.0. The molecule has 0 aromatic heterocycles. The van der Waals surface area contributed by atoms with Crippen LogP contribution < -0.4 is 5.32 Å². The fourth-order valence-corrected chi connectivity index (χ4v) is 2.66. The zero-order valence-corrected chi connectivity index (χ0v) is 9.78. The van der Waals surface area contributed by atoms with Gasteiger partial charge in [0.05, 0.1) is 0 Å². The van der Waals surface area contributed by atoms with Gasteiger partial charge in [0.2, 0.25) is 0 Å². The van der Waals surface area contributed by atoms with E-state index in [1.807, 2.05) is 0 Å². The van der Waals surface area contributed by atoms with Gasteiger partial charge in [-0.25, -0.2) is 8.42 Å². The zero-order valence-electron chi connectivity index (χ0n) is 8.96. The van der Waals surface area contributed by atoms with Crippen LogP contribution in [0.4, 0.5) is 0 Å². The molecule has 0 spiro atoms. The molecule has 0 aliphatic carbocycles. The molecule has 1 aliphatic rings. The van der Waals surface area contributed by atoms with Crippen molar-refractivity contribution in [3.8, 4) is 0 Å². The van der Waals surface area contributed by atoms with Crippen LogP contribution in [0.2, 0.25) is 0 Å². The molecule has 0 aromatic carbocycles. The third-order valence-corrected chi connectivity index (χ3v) is 3.81. The van der Waals surface area contributed by atoms with E-state index in [4.69, 9.17) is 0 Å². The van der Waals surface area contributed by atoms with Crippen LogP contribution in [0, 0.1) is 5.92 Å². The third kappa shape index (κ3) is 5.60. The van der Waals surface area contributed by atoms with Crippen LogP contribution in [-0.4, -0.2) is 33.5 Å². The summed E-state index contributed by atoms with van der Waals surface area (Å²) >= 11 is 0. The maximum absolute atomic E-state index is 10.9. The van der Waals surface area contributed by atoms with Crippen molar-refractivity contribution in [1.82, 2.24) is 5.32 Å². The van der Waals surface area contributed by atoms with Crippen LogP contribution in [0.25, 0.3) is 0 Å². The molecule has 1 fully saturated rings. The van der Waals surface area contributed by atoms with E-state index in [2.05, 4.69) is 5.32 Å². The first-order chi connectivity index (χ1) is 6.58. The second-order valence-electron chi connectivity index (χ2n) is 4.34. The second-order valence-corrected chi connectivity index (χ2v) is 6.60. The lowest BCUT2D eigenvalue weighted by molar-refractivity contribution is 0.441. The molecule has 0 saturated carbocycles. The summed E-state index contributed by atoms with van der Waals surface area (Å²) in [5.41, 5.74) is 0. The summed E-state index contributed by atoms with van der Waals surface area (Å²) < 4.78 is 21.9. The van der Waals surface area contributed by atoms with Gasteiger partial charge in [0.15, 0.2) is 0 Å². The summed E-state index contributed by atoms with van der Waals surface area (Å²) in [5.74, 6) is 1.04. The number of sulfone groups is 1. The summed E-state index contributed by atoms with van der Waals surface area (Å²) in [6.07, 6.45) is 7.01. The minimum absolute atomic E-state index is 0.351. The summed E-state index contributed by atoms with van der Waals surface area (Å²) in [6.45, 7) is 2.20. The predicted molar refractivity (Wildman–Crippen MR) is 59.2 cm³/mol. The maximum atomic E-state index is 10.9. The Morgan fingerprint density at radius 2 is 2.14 bits per heavy atom. The Balaban J connectivity index is 2.16. The third-order valence-electron chi connectivity index (χ3n) is 2.78. The van der Waals surface area contributed by atoms with Crippen LogP contribution in [0.15, 0.2) is 0 Å². The van der Waals surface area contributed by atoms with Crippen molar-refractivity contribution in [3.63, 3.8) is 0 Å². The van der Waals surface area contributed by atoms with Crippen molar-refractivity contribution in [2.24, 2.45) is 5.92 Å². The summed E-state index contributed by atoms with van der Waals surface area (Å²) in [6, 6.07) is 0. The topological polar surface area (TPSA) is 46.2 Å². The van der Waals surface area contributed by atoms with Crippen molar-refractivity contribution in [1.29, 1.82) is 0 Å². The van der Waals surface area contributed by atoms with Crippen LogP contribution >= 0.6 is 0 Å². The van der Waals surface area contributed by atoms with Gasteiger partial charge in [-0.3, -0.25) is 0 Å². The van der Waals surface area contributed by atoms with Gasteiger partial charge in [-0.2, -0.15) is 0 Å². The Hall–Kier alpha value is -0.0900. The molecule has 0 bridgehead atoms. The Bertz CT molecular complexity index is 241. The highest BCUT2D eigenvalue weighted by Gasteiger charge is 2.12. The van der Waals surface area contributed by atoms with Crippen molar-refractivity contribution < 1.29 is 8.42 Å². The van der Waals surface area contributed by atoms with E-state index in [1.54, 1.807) is 0 Å². The minimum atomic E-state index is -2.75. The van der Waals surface area contributed by atoms with Gasteiger partial charge in [-0.1, -0.05) is 6.42 Å². The second kappa shape index (κ2) is 5.71. The van der Waals surface area contributed by atoms with Crippen molar-refractivity contribution in [2.75, 3.05) is 25.1 Å². The monoisotopic (exact) mass is 219 g/mol. The van der Waals surface area contributed by atoms with Crippen molar-refractivity contribution in [3.05, 3.63) is 0 Å². The van der Waals surface area contributed by atoms with E-state index in [-0.39, 0.29) is 0 Å². The Morgan fingerprint density at radius 3 is 2.86 bits per heavy atom. The molecule has 1 saturated heterocycles. The highest BCUT2D eigenvalue weighted by molar-refractivity contribution is 7.90. The van der Waals surface area contributed by atoms with E-state index in [0.29, 0.717) is 11.7 Å². The molecule has 1 heterocycles. The smallest absolute Gasteiger partial charge is 0.147 e. The lowest BCUT2D eigenvalue weighted by atomic mass is 9.98. The average Bonchev–Trinajstić information content (AvgIpc) is 2.30. The molecular weight excluding hydrogens is 198 g/mol. The van der Waals surface area contributed by atoms with Crippen molar-refractivity contribution in [2.45, 2.75) is 32.1 Å². The quantitative estimate of drug-likeness (QED) is 0.773. The molecule has 1 unspecified atom stereocenters. The first-order valence-electron chi connectivity index (χ1n) is 5.46. The standard InChI is InChI=1S/C10H21NO2S/c1-14(12,13)8-4-6-10-5-2-3-7-11-9-10/h10-11H,2-9H2,1H3. The lowest BCUT2D eigenvalue weighted by Crippen LogP contribution is -2.21. The number of rotatable bonds is 4. The summed E-state index contributed by atoms with van der Waals surface area (Å²) in [4.78, 5) is 0. The van der Waals surface area contributed by atoms with E-state index in [0.717, 1.165) is 25.9 Å². The fourth-order valence-electron chi connectivity index (χ4n) is 1.97. The largest absolute Gasteiger partial charge is 0.316 e. The van der Waals surface area contributed by atoms with Gasteiger partial charge in [-0.15, -0.1) is 0 Å². The lowest BCUT2D eigenvalue weighted by Gasteiger charge is -2.13. The van der Waals surface area contributed by atoms with Crippen LogP contribution in [0.5, 0.6) is 0 Å². The highest BCUT2D eigenvalue weighted by Crippen LogP contribution is 2.16. The molecule has 0 radical (unpaired) electrons. The van der Waals surface area contributed by atoms with Gasteiger partial charge in [0, 0.05) is 12.0 Å². The minimum Gasteiger partial charge on any atom is -0.316 e. The van der Waals surface area contributed by atoms with Crippen LogP contribution in [-0.2, 0) is 9.84 Å². The molecule has 1 rings (SSSR count). The fraction of sp³-hybridized carbons (Fsp3) is 1.00. The predicted octanol–water partition coefficient (Wildman–Crippen LogP) is 1.20. The summed E-state index contributed by atoms with van der Waals surface area (Å²) in [7, 11) is -2.75. The highest BCUT2D eigenvalue weighted by atomic mass is 32.2. The molecule has 84 valence electrons. The maximum Gasteiger partial charge on any atom is 0.147 e. The van der Waals surface area contributed by atoms with Gasteiger partial charge in [0.25, 0.3) is 0 Å². The molecule has 4 heteroatoms. The Morgan fingerprint density at radius 1 is 1.36 bits per heavy atom. The SMILES string of the molecule is CS(=O)(=O)CCCC1CCCCNC1. The Labute approximate surface area is 87.2 Å². The normalized spacial score (nSPS) is 24.5. The number of hydrogen-bond donors (Lipinski definition) is 1. The molecule has 3 nitrogen and oxygen atoms in total.